The molecule has 2 N–H and O–H groups in total. The Morgan fingerprint density at radius 3 is 2.57 bits per heavy atom. The van der Waals surface area contributed by atoms with Crippen LogP contribution in [0, 0.1) is 11.8 Å². The molecular formula is C28H34ClNO5. The van der Waals surface area contributed by atoms with Gasteiger partial charge in [0.05, 0.1) is 7.11 Å². The van der Waals surface area contributed by atoms with E-state index in [1.165, 1.54) is 18.2 Å². The lowest BCUT2D eigenvalue weighted by Crippen LogP contribution is -2.53. The second kappa shape index (κ2) is 9.21. The third-order valence-corrected chi connectivity index (χ3v) is 8.55. The minimum Gasteiger partial charge on any atom is -0.467 e. The molecule has 2 aromatic carbocycles. The van der Waals surface area contributed by atoms with Crippen molar-refractivity contribution in [1.29, 1.82) is 0 Å². The lowest BCUT2D eigenvalue weighted by molar-refractivity contribution is -0.148. The number of anilines is 1. The number of halogens is 1. The SMILES string of the molecule is COC(=O)C1(Nc2cccc(Cl)c2)CCC2(CC1)c1cc3c(cc1C[C@@H]2C[C@@H](C)CO)OC(C)O3. The molecule has 3 atom stereocenters. The van der Waals surface area contributed by atoms with E-state index < -0.39 is 5.54 Å². The van der Waals surface area contributed by atoms with E-state index in [4.69, 9.17) is 25.8 Å². The molecule has 0 amide bonds. The highest BCUT2D eigenvalue weighted by Crippen LogP contribution is 2.58. The first kappa shape index (κ1) is 24.3. The van der Waals surface area contributed by atoms with Gasteiger partial charge in [0.15, 0.2) is 11.5 Å². The molecule has 1 saturated carbocycles. The van der Waals surface area contributed by atoms with E-state index in [1.807, 2.05) is 31.2 Å². The van der Waals surface area contributed by atoms with Gasteiger partial charge < -0.3 is 24.6 Å². The molecule has 1 spiro atoms. The smallest absolute Gasteiger partial charge is 0.331 e. The molecule has 1 unspecified atom stereocenters. The van der Waals surface area contributed by atoms with Gasteiger partial charge in [0.2, 0.25) is 6.29 Å². The van der Waals surface area contributed by atoms with Crippen molar-refractivity contribution in [2.24, 2.45) is 11.8 Å². The number of aliphatic hydroxyl groups excluding tert-OH is 1. The van der Waals surface area contributed by atoms with Crippen LogP contribution in [0.4, 0.5) is 5.69 Å². The average Bonchev–Trinajstić information content (AvgIpc) is 3.34. The summed E-state index contributed by atoms with van der Waals surface area (Å²) in [5, 5.41) is 13.9. The Labute approximate surface area is 211 Å². The topological polar surface area (TPSA) is 77.0 Å². The van der Waals surface area contributed by atoms with Crippen LogP contribution in [0.3, 0.4) is 0 Å². The van der Waals surface area contributed by atoms with E-state index in [2.05, 4.69) is 24.4 Å². The summed E-state index contributed by atoms with van der Waals surface area (Å²) in [5.74, 6) is 1.95. The molecule has 0 aromatic heterocycles. The van der Waals surface area contributed by atoms with Gasteiger partial charge in [-0.3, -0.25) is 0 Å². The molecule has 7 heteroatoms. The first-order valence-electron chi connectivity index (χ1n) is 12.5. The van der Waals surface area contributed by atoms with Crippen molar-refractivity contribution in [3.05, 3.63) is 52.5 Å². The highest BCUT2D eigenvalue weighted by molar-refractivity contribution is 6.30. The summed E-state index contributed by atoms with van der Waals surface area (Å²) < 4.78 is 17.1. The average molecular weight is 500 g/mol. The highest BCUT2D eigenvalue weighted by atomic mass is 35.5. The minimum atomic E-state index is -0.814. The second-order valence-electron chi connectivity index (χ2n) is 10.5. The number of methoxy groups -OCH3 is 1. The zero-order valence-corrected chi connectivity index (χ0v) is 21.4. The van der Waals surface area contributed by atoms with Crippen molar-refractivity contribution in [1.82, 2.24) is 0 Å². The number of benzene rings is 2. The van der Waals surface area contributed by atoms with Crippen molar-refractivity contribution in [3.63, 3.8) is 0 Å². The van der Waals surface area contributed by atoms with Gasteiger partial charge in [-0.15, -0.1) is 0 Å². The maximum Gasteiger partial charge on any atom is 0.331 e. The van der Waals surface area contributed by atoms with Crippen LogP contribution in [0.15, 0.2) is 36.4 Å². The molecular weight excluding hydrogens is 466 g/mol. The molecule has 3 aliphatic rings. The van der Waals surface area contributed by atoms with Crippen LogP contribution < -0.4 is 14.8 Å². The molecule has 1 aliphatic heterocycles. The predicted molar refractivity (Wildman–Crippen MR) is 135 cm³/mol. The molecule has 2 aromatic rings. The number of carbonyl (C=O) groups excluding carboxylic acids is 1. The van der Waals surface area contributed by atoms with Crippen molar-refractivity contribution < 1.29 is 24.1 Å². The number of hydrogen-bond acceptors (Lipinski definition) is 6. The van der Waals surface area contributed by atoms with Gasteiger partial charge in [-0.2, -0.15) is 0 Å². The van der Waals surface area contributed by atoms with Crippen molar-refractivity contribution in [2.75, 3.05) is 19.0 Å². The zero-order valence-electron chi connectivity index (χ0n) is 20.6. The number of esters is 1. The number of aliphatic hydroxyl groups is 1. The van der Waals surface area contributed by atoms with Crippen LogP contribution in [0.2, 0.25) is 5.02 Å². The third-order valence-electron chi connectivity index (χ3n) is 8.32. The third kappa shape index (κ3) is 4.25. The Balaban J connectivity index is 1.49. The highest BCUT2D eigenvalue weighted by Gasteiger charge is 2.54. The summed E-state index contributed by atoms with van der Waals surface area (Å²) in [6.45, 7) is 4.18. The van der Waals surface area contributed by atoms with Crippen LogP contribution in [-0.4, -0.2) is 36.6 Å². The zero-order chi connectivity index (χ0) is 24.8. The monoisotopic (exact) mass is 499 g/mol. The lowest BCUT2D eigenvalue weighted by Gasteiger charge is -2.47. The van der Waals surface area contributed by atoms with E-state index >= 15 is 0 Å². The van der Waals surface area contributed by atoms with E-state index in [0.717, 1.165) is 42.9 Å². The Morgan fingerprint density at radius 1 is 1.20 bits per heavy atom. The van der Waals surface area contributed by atoms with E-state index in [1.54, 1.807) is 0 Å². The number of fused-ring (bicyclic) bond motifs is 3. The summed E-state index contributed by atoms with van der Waals surface area (Å²) in [6, 6.07) is 11.8. The van der Waals surface area contributed by atoms with E-state index in [0.29, 0.717) is 23.8 Å². The molecule has 6 nitrogen and oxygen atoms in total. The summed E-state index contributed by atoms with van der Waals surface area (Å²) >= 11 is 6.22. The first-order valence-corrected chi connectivity index (χ1v) is 12.9. The van der Waals surface area contributed by atoms with E-state index in [-0.39, 0.29) is 30.2 Å². The molecule has 1 heterocycles. The maximum atomic E-state index is 13.1. The van der Waals surface area contributed by atoms with Crippen molar-refractivity contribution >= 4 is 23.3 Å². The number of ether oxygens (including phenoxy) is 3. The van der Waals surface area contributed by atoms with Crippen LogP contribution in [-0.2, 0) is 21.4 Å². The molecule has 0 radical (unpaired) electrons. The fourth-order valence-corrected chi connectivity index (χ4v) is 6.76. The van der Waals surface area contributed by atoms with Gasteiger partial charge in [-0.25, -0.2) is 4.79 Å². The Morgan fingerprint density at radius 2 is 1.91 bits per heavy atom. The lowest BCUT2D eigenvalue weighted by atomic mass is 9.59. The Bertz CT molecular complexity index is 1110. The normalized spacial score (nSPS) is 29.6. The van der Waals surface area contributed by atoms with Gasteiger partial charge in [0, 0.05) is 24.2 Å². The molecule has 35 heavy (non-hydrogen) atoms. The molecule has 188 valence electrons. The minimum absolute atomic E-state index is 0.0868. The maximum absolute atomic E-state index is 13.1. The number of hydrogen-bond donors (Lipinski definition) is 2. The van der Waals surface area contributed by atoms with Gasteiger partial charge >= 0.3 is 5.97 Å². The van der Waals surface area contributed by atoms with Crippen LogP contribution in [0.5, 0.6) is 11.5 Å². The number of nitrogens with one attached hydrogen (secondary N) is 1. The molecule has 0 bridgehead atoms. The Hall–Kier alpha value is -2.44. The standard InChI is InChI=1S/C28H34ClNO5/c1-17(16-31)11-20-12-19-13-24-25(35-18(2)34-24)15-23(19)27(20)7-9-28(10-8-27,26(32)33-3)30-22-6-4-5-21(29)14-22/h4-6,13-15,17-18,20,30-31H,7-12,16H2,1-3H3/t17-,18?,20+,27?,28?/m1/s1. The number of rotatable bonds is 6. The summed E-state index contributed by atoms with van der Waals surface area (Å²) in [5.41, 5.74) is 2.52. The fourth-order valence-electron chi connectivity index (χ4n) is 6.57. The quantitative estimate of drug-likeness (QED) is 0.512. The van der Waals surface area contributed by atoms with Crippen LogP contribution in [0.25, 0.3) is 0 Å². The van der Waals surface area contributed by atoms with Crippen LogP contribution in [0.1, 0.15) is 57.1 Å². The predicted octanol–water partition coefficient (Wildman–Crippen LogP) is 5.48. The van der Waals surface area contributed by atoms with Gasteiger partial charge in [-0.05, 0) is 97.2 Å². The van der Waals surface area contributed by atoms with Crippen LogP contribution >= 0.6 is 11.6 Å². The number of carbonyl (C=O) groups is 1. The molecule has 1 fully saturated rings. The molecule has 0 saturated heterocycles. The summed E-state index contributed by atoms with van der Waals surface area (Å²) in [7, 11) is 1.45. The Kier molecular flexibility index (Phi) is 6.39. The second-order valence-corrected chi connectivity index (χ2v) is 11.0. The van der Waals surface area contributed by atoms with Gasteiger partial charge in [0.1, 0.15) is 5.54 Å². The fraction of sp³-hybridized carbons (Fsp3) is 0.536. The van der Waals surface area contributed by atoms with Gasteiger partial charge in [-0.1, -0.05) is 24.6 Å². The summed E-state index contributed by atoms with van der Waals surface area (Å²) in [6.07, 6.45) is 4.54. The van der Waals surface area contributed by atoms with Crippen molar-refractivity contribution in [2.45, 2.75) is 69.6 Å². The van der Waals surface area contributed by atoms with Gasteiger partial charge in [0.25, 0.3) is 0 Å². The van der Waals surface area contributed by atoms with E-state index in [9.17, 15) is 9.90 Å². The van der Waals surface area contributed by atoms with Crippen molar-refractivity contribution in [3.8, 4) is 11.5 Å². The molecule has 2 aliphatic carbocycles. The largest absolute Gasteiger partial charge is 0.467 e. The first-order chi connectivity index (χ1) is 16.8. The molecule has 5 rings (SSSR count). The summed E-state index contributed by atoms with van der Waals surface area (Å²) in [4.78, 5) is 13.1.